The highest BCUT2D eigenvalue weighted by atomic mass is 35.5. The third-order valence-corrected chi connectivity index (χ3v) is 3.35. The van der Waals surface area contributed by atoms with Gasteiger partial charge in [0.2, 0.25) is 0 Å². The van der Waals surface area contributed by atoms with Gasteiger partial charge in [0.15, 0.2) is 0 Å². The summed E-state index contributed by atoms with van der Waals surface area (Å²) in [6, 6.07) is 5.21. The van der Waals surface area contributed by atoms with Crippen LogP contribution in [0.2, 0.25) is 5.02 Å². The number of benzene rings is 1. The van der Waals surface area contributed by atoms with Crippen LogP contribution < -0.4 is 11.1 Å². The van der Waals surface area contributed by atoms with Crippen LogP contribution in [0.1, 0.15) is 21.5 Å². The topological polar surface area (TPSA) is 72.9 Å². The van der Waals surface area contributed by atoms with E-state index in [-0.39, 0.29) is 5.91 Å². The molecule has 6 heteroatoms. The van der Waals surface area contributed by atoms with E-state index in [0.717, 1.165) is 11.1 Å². The molecule has 0 unspecified atom stereocenters. The Morgan fingerprint density at radius 2 is 2.26 bits per heavy atom. The molecule has 0 atom stereocenters. The maximum absolute atomic E-state index is 12.0. The zero-order chi connectivity index (χ0) is 14.0. The van der Waals surface area contributed by atoms with Gasteiger partial charge >= 0.3 is 0 Å². The summed E-state index contributed by atoms with van der Waals surface area (Å²) in [7, 11) is 1.75. The van der Waals surface area contributed by atoms with E-state index in [9.17, 15) is 4.79 Å². The molecule has 5 nitrogen and oxygen atoms in total. The van der Waals surface area contributed by atoms with Gasteiger partial charge in [-0.1, -0.05) is 17.7 Å². The van der Waals surface area contributed by atoms with Gasteiger partial charge in [0, 0.05) is 29.7 Å². The molecule has 1 aromatic heterocycles. The molecule has 0 spiro atoms. The van der Waals surface area contributed by atoms with Crippen LogP contribution in [-0.2, 0) is 13.6 Å². The fourth-order valence-corrected chi connectivity index (χ4v) is 1.82. The third kappa shape index (κ3) is 2.88. The lowest BCUT2D eigenvalue weighted by molar-refractivity contribution is 0.0951. The number of hydrogen-bond donors (Lipinski definition) is 2. The Hall–Kier alpha value is -2.01. The molecule has 19 heavy (non-hydrogen) atoms. The summed E-state index contributed by atoms with van der Waals surface area (Å²) in [6.45, 7) is 2.23. The van der Waals surface area contributed by atoms with Crippen LogP contribution in [0.4, 0.5) is 5.82 Å². The second-order valence-corrected chi connectivity index (χ2v) is 4.73. The molecule has 0 saturated carbocycles. The van der Waals surface area contributed by atoms with E-state index in [1.807, 2.05) is 13.0 Å². The van der Waals surface area contributed by atoms with Gasteiger partial charge in [-0.3, -0.25) is 9.48 Å². The number of aryl methyl sites for hydroxylation is 2. The second-order valence-electron chi connectivity index (χ2n) is 4.33. The van der Waals surface area contributed by atoms with E-state index in [1.165, 1.54) is 0 Å². The summed E-state index contributed by atoms with van der Waals surface area (Å²) < 4.78 is 1.56. The standard InChI is InChI=1S/C13H15ClN4O/c1-8-3-4-9(5-11(8)14)13(19)16-6-10-7-17-18(2)12(10)15/h3-5,7H,6,15H2,1-2H3,(H,16,19). The lowest BCUT2D eigenvalue weighted by Gasteiger charge is -2.06. The molecular weight excluding hydrogens is 264 g/mol. The Labute approximate surface area is 116 Å². The summed E-state index contributed by atoms with van der Waals surface area (Å²) in [5.41, 5.74) is 8.05. The highest BCUT2D eigenvalue weighted by Crippen LogP contribution is 2.17. The highest BCUT2D eigenvalue weighted by Gasteiger charge is 2.09. The quantitative estimate of drug-likeness (QED) is 0.900. The first-order valence-corrected chi connectivity index (χ1v) is 6.17. The lowest BCUT2D eigenvalue weighted by Crippen LogP contribution is -2.23. The summed E-state index contributed by atoms with van der Waals surface area (Å²) >= 11 is 5.99. The smallest absolute Gasteiger partial charge is 0.251 e. The van der Waals surface area contributed by atoms with Crippen LogP contribution in [0.25, 0.3) is 0 Å². The molecule has 2 aromatic rings. The molecule has 0 aliphatic carbocycles. The number of hydrogen-bond acceptors (Lipinski definition) is 3. The van der Waals surface area contributed by atoms with Gasteiger partial charge in [-0.15, -0.1) is 0 Å². The Balaban J connectivity index is 2.05. The van der Waals surface area contributed by atoms with Crippen LogP contribution >= 0.6 is 11.6 Å². The number of aromatic nitrogens is 2. The number of nitrogens with two attached hydrogens (primary N) is 1. The summed E-state index contributed by atoms with van der Waals surface area (Å²) in [5, 5.41) is 7.37. The average Bonchev–Trinajstić information content (AvgIpc) is 2.70. The van der Waals surface area contributed by atoms with E-state index >= 15 is 0 Å². The van der Waals surface area contributed by atoms with E-state index in [2.05, 4.69) is 10.4 Å². The minimum absolute atomic E-state index is 0.190. The first kappa shape index (κ1) is 13.4. The zero-order valence-electron chi connectivity index (χ0n) is 10.8. The number of carbonyl (C=O) groups excluding carboxylic acids is 1. The van der Waals surface area contributed by atoms with Gasteiger partial charge in [-0.25, -0.2) is 0 Å². The minimum atomic E-state index is -0.190. The van der Waals surface area contributed by atoms with Gasteiger partial charge in [0.25, 0.3) is 5.91 Å². The number of carbonyl (C=O) groups is 1. The van der Waals surface area contributed by atoms with Crippen molar-refractivity contribution in [3.8, 4) is 0 Å². The number of amides is 1. The number of rotatable bonds is 3. The van der Waals surface area contributed by atoms with Crippen molar-refractivity contribution in [1.29, 1.82) is 0 Å². The molecule has 100 valence electrons. The normalized spacial score (nSPS) is 10.5. The summed E-state index contributed by atoms with van der Waals surface area (Å²) in [4.78, 5) is 12.0. The first-order chi connectivity index (χ1) is 8.99. The second kappa shape index (κ2) is 5.32. The van der Waals surface area contributed by atoms with Crippen LogP contribution in [-0.4, -0.2) is 15.7 Å². The molecule has 0 saturated heterocycles. The number of anilines is 1. The van der Waals surface area contributed by atoms with Gasteiger partial charge in [0.1, 0.15) is 5.82 Å². The summed E-state index contributed by atoms with van der Waals surface area (Å²) in [6.07, 6.45) is 1.64. The molecule has 3 N–H and O–H groups in total. The third-order valence-electron chi connectivity index (χ3n) is 2.94. The van der Waals surface area contributed by atoms with Crippen molar-refractivity contribution in [3.05, 3.63) is 46.1 Å². The van der Waals surface area contributed by atoms with Crippen molar-refractivity contribution >= 4 is 23.3 Å². The Kier molecular flexibility index (Phi) is 3.76. The SMILES string of the molecule is Cc1ccc(C(=O)NCc2cnn(C)c2N)cc1Cl. The minimum Gasteiger partial charge on any atom is -0.384 e. The van der Waals surface area contributed by atoms with Crippen molar-refractivity contribution in [3.63, 3.8) is 0 Å². The molecule has 0 radical (unpaired) electrons. The molecule has 1 aromatic carbocycles. The fraction of sp³-hybridized carbons (Fsp3) is 0.231. The maximum Gasteiger partial charge on any atom is 0.251 e. The van der Waals surface area contributed by atoms with E-state index in [1.54, 1.807) is 30.1 Å². The maximum atomic E-state index is 12.0. The largest absolute Gasteiger partial charge is 0.384 e. The van der Waals surface area contributed by atoms with Crippen molar-refractivity contribution in [2.24, 2.45) is 7.05 Å². The fourth-order valence-electron chi connectivity index (χ4n) is 1.64. The van der Waals surface area contributed by atoms with Crippen molar-refractivity contribution in [1.82, 2.24) is 15.1 Å². The molecule has 1 amide bonds. The lowest BCUT2D eigenvalue weighted by atomic mass is 10.1. The molecule has 0 bridgehead atoms. The highest BCUT2D eigenvalue weighted by molar-refractivity contribution is 6.31. The number of nitrogens with one attached hydrogen (secondary N) is 1. The first-order valence-electron chi connectivity index (χ1n) is 5.79. The summed E-state index contributed by atoms with van der Waals surface area (Å²) in [5.74, 6) is 0.354. The van der Waals surface area contributed by atoms with Crippen molar-refractivity contribution in [2.75, 3.05) is 5.73 Å². The van der Waals surface area contributed by atoms with Crippen molar-refractivity contribution < 1.29 is 4.79 Å². The molecule has 1 heterocycles. The van der Waals surface area contributed by atoms with Gasteiger partial charge in [-0.05, 0) is 24.6 Å². The van der Waals surface area contributed by atoms with E-state index < -0.39 is 0 Å². The van der Waals surface area contributed by atoms with Crippen LogP contribution in [0.15, 0.2) is 24.4 Å². The molecule has 2 rings (SSSR count). The van der Waals surface area contributed by atoms with E-state index in [4.69, 9.17) is 17.3 Å². The van der Waals surface area contributed by atoms with Gasteiger partial charge < -0.3 is 11.1 Å². The Morgan fingerprint density at radius 3 is 2.84 bits per heavy atom. The van der Waals surface area contributed by atoms with Crippen LogP contribution in [0, 0.1) is 6.92 Å². The van der Waals surface area contributed by atoms with Crippen LogP contribution in [0.5, 0.6) is 0 Å². The average molecular weight is 279 g/mol. The number of nitrogen functional groups attached to an aromatic ring is 1. The van der Waals surface area contributed by atoms with Crippen LogP contribution in [0.3, 0.4) is 0 Å². The van der Waals surface area contributed by atoms with Gasteiger partial charge in [-0.2, -0.15) is 5.10 Å². The predicted octanol–water partition coefficient (Wildman–Crippen LogP) is 1.89. The zero-order valence-corrected chi connectivity index (χ0v) is 11.5. The van der Waals surface area contributed by atoms with Gasteiger partial charge in [0.05, 0.1) is 6.20 Å². The Bertz CT molecular complexity index is 621. The molecule has 0 fully saturated rings. The monoisotopic (exact) mass is 278 g/mol. The molecular formula is C13H15ClN4O. The predicted molar refractivity (Wildman–Crippen MR) is 75.0 cm³/mol. The van der Waals surface area contributed by atoms with Crippen molar-refractivity contribution in [2.45, 2.75) is 13.5 Å². The molecule has 0 aliphatic heterocycles. The molecule has 0 aliphatic rings. The number of nitrogens with zero attached hydrogens (tertiary/aromatic N) is 2. The van der Waals surface area contributed by atoms with E-state index in [0.29, 0.717) is 22.9 Å². The Morgan fingerprint density at radius 1 is 1.53 bits per heavy atom. The number of halogens is 1.